The largest absolute Gasteiger partial charge is 0.347 e. The molecule has 0 N–H and O–H groups in total. The minimum absolute atomic E-state index is 0.110. The SMILES string of the molecule is CC.CC(=O)C1(C)COC(c2ccccc2)OC1. The van der Waals surface area contributed by atoms with Gasteiger partial charge in [0.2, 0.25) is 0 Å². The second kappa shape index (κ2) is 6.66. The third kappa shape index (κ3) is 3.40. The van der Waals surface area contributed by atoms with Crippen molar-refractivity contribution in [3.8, 4) is 0 Å². The highest BCUT2D eigenvalue weighted by Gasteiger charge is 2.37. The van der Waals surface area contributed by atoms with Crippen LogP contribution >= 0.6 is 0 Å². The number of carbonyl (C=O) groups is 1. The molecule has 1 saturated heterocycles. The van der Waals surface area contributed by atoms with Crippen molar-refractivity contribution >= 4 is 5.78 Å². The van der Waals surface area contributed by atoms with Gasteiger partial charge >= 0.3 is 0 Å². The zero-order chi connectivity index (χ0) is 13.6. The molecule has 0 bridgehead atoms. The van der Waals surface area contributed by atoms with Gasteiger partial charge in [0.25, 0.3) is 0 Å². The van der Waals surface area contributed by atoms with E-state index in [1.165, 1.54) is 0 Å². The monoisotopic (exact) mass is 250 g/mol. The summed E-state index contributed by atoms with van der Waals surface area (Å²) in [5, 5.41) is 0. The van der Waals surface area contributed by atoms with Crippen molar-refractivity contribution < 1.29 is 14.3 Å². The molecule has 0 amide bonds. The Labute approximate surface area is 109 Å². The Morgan fingerprint density at radius 2 is 1.67 bits per heavy atom. The molecule has 3 heteroatoms. The molecular formula is C15H22O3. The van der Waals surface area contributed by atoms with E-state index in [0.29, 0.717) is 13.2 Å². The van der Waals surface area contributed by atoms with Gasteiger partial charge in [0, 0.05) is 5.56 Å². The maximum absolute atomic E-state index is 11.4. The third-order valence-corrected chi connectivity index (χ3v) is 3.03. The number of benzene rings is 1. The van der Waals surface area contributed by atoms with Gasteiger partial charge in [0.1, 0.15) is 5.78 Å². The first kappa shape index (κ1) is 14.9. The maximum atomic E-state index is 11.4. The Balaban J connectivity index is 0.000000771. The Hall–Kier alpha value is -1.19. The first-order valence-corrected chi connectivity index (χ1v) is 6.41. The van der Waals surface area contributed by atoms with Crippen LogP contribution in [0, 0.1) is 5.41 Å². The van der Waals surface area contributed by atoms with Crippen LogP contribution in [0.3, 0.4) is 0 Å². The van der Waals surface area contributed by atoms with Crippen molar-refractivity contribution in [1.29, 1.82) is 0 Å². The van der Waals surface area contributed by atoms with Crippen LogP contribution in [0.4, 0.5) is 0 Å². The summed E-state index contributed by atoms with van der Waals surface area (Å²) in [6.07, 6.45) is -0.339. The first-order chi connectivity index (χ1) is 8.62. The molecule has 0 spiro atoms. The van der Waals surface area contributed by atoms with Crippen LogP contribution in [0.15, 0.2) is 30.3 Å². The van der Waals surface area contributed by atoms with E-state index < -0.39 is 5.41 Å². The minimum Gasteiger partial charge on any atom is -0.347 e. The number of ketones is 1. The summed E-state index contributed by atoms with van der Waals surface area (Å²) in [5.41, 5.74) is 0.499. The van der Waals surface area contributed by atoms with E-state index in [2.05, 4.69) is 0 Å². The summed E-state index contributed by atoms with van der Waals surface area (Å²) in [6, 6.07) is 9.76. The predicted molar refractivity (Wildman–Crippen MR) is 71.2 cm³/mol. The van der Waals surface area contributed by atoms with Crippen LogP contribution in [0.25, 0.3) is 0 Å². The van der Waals surface area contributed by atoms with Crippen molar-refractivity contribution in [3.05, 3.63) is 35.9 Å². The van der Waals surface area contributed by atoms with Crippen LogP contribution < -0.4 is 0 Å². The molecule has 1 heterocycles. The van der Waals surface area contributed by atoms with E-state index in [1.807, 2.05) is 51.1 Å². The molecule has 1 fully saturated rings. The second-order valence-electron chi connectivity index (χ2n) is 4.48. The van der Waals surface area contributed by atoms with E-state index in [-0.39, 0.29) is 12.1 Å². The molecule has 0 atom stereocenters. The van der Waals surface area contributed by atoms with Gasteiger partial charge in [-0.25, -0.2) is 0 Å². The summed E-state index contributed by atoms with van der Waals surface area (Å²) in [5.74, 6) is 0.110. The fourth-order valence-corrected chi connectivity index (χ4v) is 1.61. The molecule has 18 heavy (non-hydrogen) atoms. The highest BCUT2D eigenvalue weighted by atomic mass is 16.7. The van der Waals surface area contributed by atoms with E-state index in [4.69, 9.17) is 9.47 Å². The zero-order valence-electron chi connectivity index (χ0n) is 11.6. The molecule has 100 valence electrons. The topological polar surface area (TPSA) is 35.5 Å². The van der Waals surface area contributed by atoms with Gasteiger partial charge in [-0.2, -0.15) is 0 Å². The molecular weight excluding hydrogens is 228 g/mol. The first-order valence-electron chi connectivity index (χ1n) is 6.41. The molecule has 0 radical (unpaired) electrons. The summed E-state index contributed by atoms with van der Waals surface area (Å²) in [6.45, 7) is 8.29. The molecule has 0 unspecified atom stereocenters. The Kier molecular flexibility index (Phi) is 5.51. The van der Waals surface area contributed by atoms with Gasteiger partial charge in [0.05, 0.1) is 18.6 Å². The van der Waals surface area contributed by atoms with Crippen LogP contribution in [-0.4, -0.2) is 19.0 Å². The lowest BCUT2D eigenvalue weighted by Crippen LogP contribution is -2.41. The van der Waals surface area contributed by atoms with Gasteiger partial charge in [-0.15, -0.1) is 0 Å². The molecule has 1 aromatic rings. The number of carbonyl (C=O) groups excluding carboxylic acids is 1. The van der Waals surface area contributed by atoms with Crippen molar-refractivity contribution in [3.63, 3.8) is 0 Å². The Bertz CT molecular complexity index is 365. The molecule has 2 rings (SSSR count). The molecule has 0 saturated carbocycles. The van der Waals surface area contributed by atoms with Gasteiger partial charge in [-0.3, -0.25) is 4.79 Å². The Morgan fingerprint density at radius 1 is 1.17 bits per heavy atom. The Morgan fingerprint density at radius 3 is 2.11 bits per heavy atom. The summed E-state index contributed by atoms with van der Waals surface area (Å²) < 4.78 is 11.2. The lowest BCUT2D eigenvalue weighted by Gasteiger charge is -2.35. The van der Waals surface area contributed by atoms with Crippen molar-refractivity contribution in [2.75, 3.05) is 13.2 Å². The summed E-state index contributed by atoms with van der Waals surface area (Å²) in [4.78, 5) is 11.4. The average molecular weight is 250 g/mol. The van der Waals surface area contributed by atoms with Crippen molar-refractivity contribution in [2.45, 2.75) is 34.0 Å². The number of hydrogen-bond acceptors (Lipinski definition) is 3. The summed E-state index contributed by atoms with van der Waals surface area (Å²) >= 11 is 0. The lowest BCUT2D eigenvalue weighted by molar-refractivity contribution is -0.226. The number of hydrogen-bond donors (Lipinski definition) is 0. The van der Waals surface area contributed by atoms with Gasteiger partial charge in [-0.1, -0.05) is 44.2 Å². The quantitative estimate of drug-likeness (QED) is 0.807. The van der Waals surface area contributed by atoms with Crippen molar-refractivity contribution in [1.82, 2.24) is 0 Å². The van der Waals surface area contributed by atoms with Gasteiger partial charge < -0.3 is 9.47 Å². The van der Waals surface area contributed by atoms with Crippen LogP contribution in [0.5, 0.6) is 0 Å². The summed E-state index contributed by atoms with van der Waals surface area (Å²) in [7, 11) is 0. The van der Waals surface area contributed by atoms with E-state index in [9.17, 15) is 4.79 Å². The molecule has 1 aliphatic heterocycles. The van der Waals surface area contributed by atoms with Gasteiger partial charge in [-0.05, 0) is 13.8 Å². The molecule has 1 aromatic carbocycles. The molecule has 0 aromatic heterocycles. The molecule has 3 nitrogen and oxygen atoms in total. The van der Waals surface area contributed by atoms with E-state index in [1.54, 1.807) is 6.92 Å². The van der Waals surface area contributed by atoms with E-state index in [0.717, 1.165) is 5.56 Å². The predicted octanol–water partition coefficient (Wildman–Crippen LogP) is 3.35. The zero-order valence-corrected chi connectivity index (χ0v) is 11.6. The number of ether oxygens (including phenoxy) is 2. The van der Waals surface area contributed by atoms with Crippen LogP contribution in [-0.2, 0) is 14.3 Å². The van der Waals surface area contributed by atoms with Crippen LogP contribution in [0.2, 0.25) is 0 Å². The third-order valence-electron chi connectivity index (χ3n) is 3.03. The van der Waals surface area contributed by atoms with Crippen LogP contribution in [0.1, 0.15) is 39.5 Å². The van der Waals surface area contributed by atoms with E-state index >= 15 is 0 Å². The molecule has 1 aliphatic rings. The fourth-order valence-electron chi connectivity index (χ4n) is 1.61. The average Bonchev–Trinajstić information content (AvgIpc) is 2.43. The highest BCUT2D eigenvalue weighted by molar-refractivity contribution is 5.82. The van der Waals surface area contributed by atoms with Crippen molar-refractivity contribution in [2.24, 2.45) is 5.41 Å². The smallest absolute Gasteiger partial charge is 0.183 e. The maximum Gasteiger partial charge on any atom is 0.183 e. The number of Topliss-reactive ketones (excluding diaryl/α,β-unsaturated/α-hetero) is 1. The highest BCUT2D eigenvalue weighted by Crippen LogP contribution is 2.31. The van der Waals surface area contributed by atoms with Gasteiger partial charge in [0.15, 0.2) is 6.29 Å². The fraction of sp³-hybridized carbons (Fsp3) is 0.533. The second-order valence-corrected chi connectivity index (χ2v) is 4.48. The standard InChI is InChI=1S/C13H16O3.C2H6/c1-10(14)13(2)8-15-12(16-9-13)11-6-4-3-5-7-11;1-2/h3-7,12H,8-9H2,1-2H3;1-2H3. The lowest BCUT2D eigenvalue weighted by atomic mass is 9.88. The molecule has 0 aliphatic carbocycles. The minimum atomic E-state index is -0.495. The normalized spacial score (nSPS) is 27.0. The number of rotatable bonds is 2.